The van der Waals surface area contributed by atoms with E-state index in [2.05, 4.69) is 73.8 Å². The molecule has 0 bridgehead atoms. The number of piperidine rings is 1. The molecule has 3 aromatic carbocycles. The first-order valence-electron chi connectivity index (χ1n) is 12.4. The summed E-state index contributed by atoms with van der Waals surface area (Å²) in [4.78, 5) is 0. The summed E-state index contributed by atoms with van der Waals surface area (Å²) in [5, 5.41) is 3.50. The summed E-state index contributed by atoms with van der Waals surface area (Å²) in [6.45, 7) is 8.85. The first-order chi connectivity index (χ1) is 16.7. The van der Waals surface area contributed by atoms with Gasteiger partial charge in [0.2, 0.25) is 0 Å². The third-order valence-electron chi connectivity index (χ3n) is 6.29. The maximum atomic E-state index is 6.40. The number of halogens is 1. The second kappa shape index (κ2) is 14.3. The van der Waals surface area contributed by atoms with Crippen LogP contribution in [0.1, 0.15) is 46.6 Å². The Morgan fingerprint density at radius 1 is 0.829 bits per heavy atom. The van der Waals surface area contributed by atoms with Crippen molar-refractivity contribution >= 4 is 12.4 Å². The number of nitrogens with one attached hydrogen (secondary N) is 1. The SMILES string of the molecule is Cc1cc(C)cc(COC2CNCCC2c2ccc(OCCCOCc3ccccc3)cc2)c1.Cl. The number of rotatable bonds is 11. The summed E-state index contributed by atoms with van der Waals surface area (Å²) in [5.74, 6) is 1.31. The highest BCUT2D eigenvalue weighted by molar-refractivity contribution is 5.85. The summed E-state index contributed by atoms with van der Waals surface area (Å²) >= 11 is 0. The molecule has 1 N–H and O–H groups in total. The fourth-order valence-electron chi connectivity index (χ4n) is 4.67. The van der Waals surface area contributed by atoms with Crippen LogP contribution >= 0.6 is 12.4 Å². The Kier molecular flexibility index (Phi) is 11.1. The van der Waals surface area contributed by atoms with Crippen LogP contribution in [0.5, 0.6) is 5.75 Å². The molecule has 0 radical (unpaired) electrons. The fraction of sp³-hybridized carbons (Fsp3) is 0.400. The van der Waals surface area contributed by atoms with Crippen LogP contribution in [0.3, 0.4) is 0 Å². The van der Waals surface area contributed by atoms with E-state index in [1.54, 1.807) is 0 Å². The van der Waals surface area contributed by atoms with E-state index in [1.165, 1.54) is 27.8 Å². The zero-order valence-corrected chi connectivity index (χ0v) is 21.7. The number of benzene rings is 3. The van der Waals surface area contributed by atoms with Crippen LogP contribution in [0.2, 0.25) is 0 Å². The van der Waals surface area contributed by atoms with Gasteiger partial charge < -0.3 is 19.5 Å². The van der Waals surface area contributed by atoms with Crippen molar-refractivity contribution in [2.75, 3.05) is 26.3 Å². The van der Waals surface area contributed by atoms with Gasteiger partial charge in [0.1, 0.15) is 5.75 Å². The smallest absolute Gasteiger partial charge is 0.119 e. The van der Waals surface area contributed by atoms with Gasteiger partial charge in [-0.2, -0.15) is 0 Å². The van der Waals surface area contributed by atoms with Crippen molar-refractivity contribution < 1.29 is 14.2 Å². The van der Waals surface area contributed by atoms with Crippen LogP contribution < -0.4 is 10.1 Å². The molecule has 1 fully saturated rings. The Balaban J connectivity index is 0.00000342. The van der Waals surface area contributed by atoms with Crippen LogP contribution in [-0.2, 0) is 22.7 Å². The highest BCUT2D eigenvalue weighted by Crippen LogP contribution is 2.30. The van der Waals surface area contributed by atoms with Crippen molar-refractivity contribution in [3.8, 4) is 5.75 Å². The van der Waals surface area contributed by atoms with Gasteiger partial charge in [-0.15, -0.1) is 12.4 Å². The summed E-state index contributed by atoms with van der Waals surface area (Å²) in [6, 6.07) is 25.5. The monoisotopic (exact) mass is 495 g/mol. The predicted octanol–water partition coefficient (Wildman–Crippen LogP) is 6.37. The largest absolute Gasteiger partial charge is 0.494 e. The van der Waals surface area contributed by atoms with Crippen molar-refractivity contribution in [2.45, 2.75) is 51.9 Å². The molecule has 1 heterocycles. The second-order valence-corrected chi connectivity index (χ2v) is 9.25. The van der Waals surface area contributed by atoms with Gasteiger partial charge in [0, 0.05) is 18.9 Å². The first-order valence-corrected chi connectivity index (χ1v) is 12.4. The van der Waals surface area contributed by atoms with Crippen LogP contribution in [0, 0.1) is 13.8 Å². The van der Waals surface area contributed by atoms with E-state index < -0.39 is 0 Å². The molecule has 188 valence electrons. The highest BCUT2D eigenvalue weighted by Gasteiger charge is 2.27. The van der Waals surface area contributed by atoms with Crippen molar-refractivity contribution in [1.82, 2.24) is 5.32 Å². The third-order valence-corrected chi connectivity index (χ3v) is 6.29. The van der Waals surface area contributed by atoms with Gasteiger partial charge in [-0.05, 0) is 55.6 Å². The maximum Gasteiger partial charge on any atom is 0.119 e. The van der Waals surface area contributed by atoms with Gasteiger partial charge in [-0.25, -0.2) is 0 Å². The van der Waals surface area contributed by atoms with Gasteiger partial charge >= 0.3 is 0 Å². The normalized spacial score (nSPS) is 17.5. The lowest BCUT2D eigenvalue weighted by Gasteiger charge is -2.32. The molecule has 0 spiro atoms. The molecule has 0 amide bonds. The minimum absolute atomic E-state index is 0. The van der Waals surface area contributed by atoms with Crippen molar-refractivity contribution in [2.24, 2.45) is 0 Å². The van der Waals surface area contributed by atoms with Gasteiger partial charge in [-0.3, -0.25) is 0 Å². The average molecular weight is 496 g/mol. The standard InChI is InChI=1S/C30H37NO3.ClH/c1-23-17-24(2)19-26(18-23)22-34-30-20-31-14-13-29(30)27-9-11-28(12-10-27)33-16-6-15-32-21-25-7-4-3-5-8-25;/h3-5,7-12,17-19,29-31H,6,13-16,20-22H2,1-2H3;1H. The quantitative estimate of drug-likeness (QED) is 0.313. The number of aryl methyl sites for hydroxylation is 2. The van der Waals surface area contributed by atoms with Gasteiger partial charge in [0.15, 0.2) is 0 Å². The molecule has 1 saturated heterocycles. The molecule has 4 nitrogen and oxygen atoms in total. The molecule has 4 rings (SSSR count). The van der Waals surface area contributed by atoms with Gasteiger partial charge in [-0.1, -0.05) is 71.8 Å². The van der Waals surface area contributed by atoms with E-state index in [0.717, 1.165) is 31.7 Å². The Bertz CT molecular complexity index is 990. The molecular weight excluding hydrogens is 458 g/mol. The fourth-order valence-corrected chi connectivity index (χ4v) is 4.67. The molecule has 35 heavy (non-hydrogen) atoms. The van der Waals surface area contributed by atoms with E-state index in [1.807, 2.05) is 18.2 Å². The molecule has 2 unspecified atom stereocenters. The maximum absolute atomic E-state index is 6.40. The van der Waals surface area contributed by atoms with E-state index in [-0.39, 0.29) is 18.5 Å². The Labute approximate surface area is 216 Å². The molecule has 2 atom stereocenters. The zero-order chi connectivity index (χ0) is 23.6. The Morgan fingerprint density at radius 3 is 2.31 bits per heavy atom. The van der Waals surface area contributed by atoms with Crippen LogP contribution in [0.25, 0.3) is 0 Å². The summed E-state index contributed by atoms with van der Waals surface area (Å²) < 4.78 is 18.1. The van der Waals surface area contributed by atoms with Crippen molar-refractivity contribution in [3.63, 3.8) is 0 Å². The minimum Gasteiger partial charge on any atom is -0.494 e. The molecular formula is C30H38ClNO3. The van der Waals surface area contributed by atoms with Crippen molar-refractivity contribution in [1.29, 1.82) is 0 Å². The Morgan fingerprint density at radius 2 is 1.57 bits per heavy atom. The lowest BCUT2D eigenvalue weighted by molar-refractivity contribution is 0.0106. The van der Waals surface area contributed by atoms with Crippen LogP contribution in [0.4, 0.5) is 0 Å². The molecule has 1 aliphatic heterocycles. The summed E-state index contributed by atoms with van der Waals surface area (Å²) in [7, 11) is 0. The molecule has 0 aliphatic carbocycles. The topological polar surface area (TPSA) is 39.7 Å². The lowest BCUT2D eigenvalue weighted by Crippen LogP contribution is -2.40. The lowest BCUT2D eigenvalue weighted by atomic mass is 9.87. The molecule has 1 aliphatic rings. The molecule has 3 aromatic rings. The highest BCUT2D eigenvalue weighted by atomic mass is 35.5. The van der Waals surface area contributed by atoms with E-state index in [4.69, 9.17) is 14.2 Å². The van der Waals surface area contributed by atoms with Crippen LogP contribution in [-0.4, -0.2) is 32.4 Å². The zero-order valence-electron chi connectivity index (χ0n) is 20.9. The van der Waals surface area contributed by atoms with Gasteiger partial charge in [0.25, 0.3) is 0 Å². The molecule has 5 heteroatoms. The van der Waals surface area contributed by atoms with E-state index >= 15 is 0 Å². The first kappa shape index (κ1) is 27.2. The van der Waals surface area contributed by atoms with Crippen LogP contribution in [0.15, 0.2) is 72.8 Å². The summed E-state index contributed by atoms with van der Waals surface area (Å²) in [6.07, 6.45) is 2.12. The predicted molar refractivity (Wildman–Crippen MR) is 145 cm³/mol. The van der Waals surface area contributed by atoms with Gasteiger partial charge in [0.05, 0.1) is 32.5 Å². The minimum atomic E-state index is 0. The van der Waals surface area contributed by atoms with Crippen molar-refractivity contribution in [3.05, 3.63) is 101 Å². The van der Waals surface area contributed by atoms with E-state index in [0.29, 0.717) is 32.3 Å². The summed E-state index contributed by atoms with van der Waals surface area (Å²) in [5.41, 5.74) is 6.35. The van der Waals surface area contributed by atoms with E-state index in [9.17, 15) is 0 Å². The number of hydrogen-bond donors (Lipinski definition) is 1. The average Bonchev–Trinajstić information content (AvgIpc) is 2.85. The second-order valence-electron chi connectivity index (χ2n) is 9.25. The number of hydrogen-bond acceptors (Lipinski definition) is 4. The molecule has 0 saturated carbocycles. The molecule has 0 aromatic heterocycles. The third kappa shape index (κ3) is 8.66. The Hall–Kier alpha value is -2.37. The number of ether oxygens (including phenoxy) is 3.